The smallest absolute Gasteiger partial charge is 0.178 e. The van der Waals surface area contributed by atoms with E-state index in [0.717, 1.165) is 22.3 Å². The van der Waals surface area contributed by atoms with Crippen molar-refractivity contribution in [3.8, 4) is 11.5 Å². The molecule has 0 unspecified atom stereocenters. The SMILES string of the molecule is Cc1cc(O)ccc1/C=C/C(=O)/C=C/c1ccc(O)cc1C. The van der Waals surface area contributed by atoms with Gasteiger partial charge in [-0.15, -0.1) is 0 Å². The topological polar surface area (TPSA) is 57.5 Å². The molecule has 22 heavy (non-hydrogen) atoms. The number of benzene rings is 2. The van der Waals surface area contributed by atoms with E-state index in [2.05, 4.69) is 0 Å². The first kappa shape index (κ1) is 15.6. The van der Waals surface area contributed by atoms with E-state index in [4.69, 9.17) is 0 Å². The van der Waals surface area contributed by atoms with Crippen LogP contribution in [0.5, 0.6) is 11.5 Å². The minimum Gasteiger partial charge on any atom is -0.508 e. The highest BCUT2D eigenvalue weighted by atomic mass is 16.3. The van der Waals surface area contributed by atoms with Crippen molar-refractivity contribution in [3.63, 3.8) is 0 Å². The number of carbonyl (C=O) groups is 1. The fourth-order valence-electron chi connectivity index (χ4n) is 2.09. The molecule has 0 aromatic heterocycles. The summed E-state index contributed by atoms with van der Waals surface area (Å²) in [4.78, 5) is 11.9. The predicted octanol–water partition coefficient (Wildman–Crippen LogP) is 4.01. The Morgan fingerprint density at radius 1 is 0.818 bits per heavy atom. The van der Waals surface area contributed by atoms with Crippen LogP contribution in [-0.4, -0.2) is 16.0 Å². The monoisotopic (exact) mass is 294 g/mol. The van der Waals surface area contributed by atoms with Gasteiger partial charge in [-0.05, 0) is 72.5 Å². The van der Waals surface area contributed by atoms with E-state index in [1.54, 1.807) is 48.6 Å². The van der Waals surface area contributed by atoms with Gasteiger partial charge in [-0.2, -0.15) is 0 Å². The van der Waals surface area contributed by atoms with Crippen LogP contribution in [0.3, 0.4) is 0 Å². The molecular weight excluding hydrogens is 276 g/mol. The van der Waals surface area contributed by atoms with E-state index in [9.17, 15) is 15.0 Å². The zero-order chi connectivity index (χ0) is 16.1. The lowest BCUT2D eigenvalue weighted by molar-refractivity contribution is -0.110. The fourth-order valence-corrected chi connectivity index (χ4v) is 2.09. The van der Waals surface area contributed by atoms with Gasteiger partial charge in [0.2, 0.25) is 0 Å². The van der Waals surface area contributed by atoms with Crippen LogP contribution in [-0.2, 0) is 4.79 Å². The highest BCUT2D eigenvalue weighted by Gasteiger charge is 1.98. The van der Waals surface area contributed by atoms with Crippen molar-refractivity contribution in [2.75, 3.05) is 0 Å². The van der Waals surface area contributed by atoms with Crippen LogP contribution in [0.15, 0.2) is 48.6 Å². The predicted molar refractivity (Wildman–Crippen MR) is 88.8 cm³/mol. The maximum Gasteiger partial charge on any atom is 0.178 e. The van der Waals surface area contributed by atoms with Crippen LogP contribution in [0.1, 0.15) is 22.3 Å². The molecule has 0 atom stereocenters. The molecule has 0 aliphatic heterocycles. The first-order chi connectivity index (χ1) is 10.5. The van der Waals surface area contributed by atoms with Crippen molar-refractivity contribution in [2.24, 2.45) is 0 Å². The standard InChI is InChI=1S/C19H18O3/c1-13-11-18(21)9-5-15(13)3-7-17(20)8-4-16-6-10-19(22)12-14(16)2/h3-12,21-22H,1-2H3/b7-3+,8-4+. The van der Waals surface area contributed by atoms with E-state index >= 15 is 0 Å². The minimum absolute atomic E-state index is 0.125. The van der Waals surface area contributed by atoms with E-state index in [-0.39, 0.29) is 17.3 Å². The third-order valence-corrected chi connectivity index (χ3v) is 3.36. The summed E-state index contributed by atoms with van der Waals surface area (Å²) in [5.41, 5.74) is 3.59. The summed E-state index contributed by atoms with van der Waals surface area (Å²) >= 11 is 0. The summed E-state index contributed by atoms with van der Waals surface area (Å²) in [5.74, 6) is 0.298. The number of phenolic OH excluding ortho intramolecular Hbond substituents is 2. The van der Waals surface area contributed by atoms with Crippen LogP contribution in [0.4, 0.5) is 0 Å². The van der Waals surface area contributed by atoms with Gasteiger partial charge in [0.1, 0.15) is 11.5 Å². The number of phenols is 2. The fraction of sp³-hybridized carbons (Fsp3) is 0.105. The number of aromatic hydroxyl groups is 2. The third kappa shape index (κ3) is 4.09. The Morgan fingerprint density at radius 3 is 1.59 bits per heavy atom. The number of aryl methyl sites for hydroxylation is 2. The van der Waals surface area contributed by atoms with Gasteiger partial charge in [0, 0.05) is 0 Å². The van der Waals surface area contributed by atoms with Crippen LogP contribution < -0.4 is 0 Å². The first-order valence-electron chi connectivity index (χ1n) is 6.95. The van der Waals surface area contributed by atoms with Crippen molar-refractivity contribution >= 4 is 17.9 Å². The van der Waals surface area contributed by atoms with E-state index < -0.39 is 0 Å². The van der Waals surface area contributed by atoms with Gasteiger partial charge in [-0.3, -0.25) is 4.79 Å². The molecule has 112 valence electrons. The van der Waals surface area contributed by atoms with Gasteiger partial charge >= 0.3 is 0 Å². The molecular formula is C19H18O3. The van der Waals surface area contributed by atoms with Crippen molar-refractivity contribution < 1.29 is 15.0 Å². The molecule has 0 aliphatic rings. The van der Waals surface area contributed by atoms with Crippen LogP contribution in [0, 0.1) is 13.8 Å². The van der Waals surface area contributed by atoms with Crippen molar-refractivity contribution in [3.05, 3.63) is 70.8 Å². The van der Waals surface area contributed by atoms with Gasteiger partial charge in [-0.25, -0.2) is 0 Å². The first-order valence-corrected chi connectivity index (χ1v) is 6.95. The van der Waals surface area contributed by atoms with Gasteiger partial charge in [-0.1, -0.05) is 24.3 Å². The van der Waals surface area contributed by atoms with E-state index in [0.29, 0.717) is 0 Å². The highest BCUT2D eigenvalue weighted by Crippen LogP contribution is 2.18. The largest absolute Gasteiger partial charge is 0.508 e. The average molecular weight is 294 g/mol. The van der Waals surface area contributed by atoms with E-state index in [1.165, 1.54) is 12.2 Å². The molecule has 2 aromatic rings. The Bertz CT molecular complexity index is 692. The van der Waals surface area contributed by atoms with Gasteiger partial charge in [0.05, 0.1) is 0 Å². The van der Waals surface area contributed by atoms with Crippen LogP contribution in [0.2, 0.25) is 0 Å². The molecule has 0 spiro atoms. The molecule has 2 aromatic carbocycles. The molecule has 0 fully saturated rings. The molecule has 3 heteroatoms. The lowest BCUT2D eigenvalue weighted by atomic mass is 10.1. The highest BCUT2D eigenvalue weighted by molar-refractivity contribution is 6.04. The van der Waals surface area contributed by atoms with Gasteiger partial charge < -0.3 is 10.2 Å². The Hall–Kier alpha value is -2.81. The Kier molecular flexibility index (Phi) is 4.79. The number of carbonyl (C=O) groups excluding carboxylic acids is 1. The second-order valence-corrected chi connectivity index (χ2v) is 5.15. The zero-order valence-electron chi connectivity index (χ0n) is 12.6. The number of ketones is 1. The van der Waals surface area contributed by atoms with Crippen molar-refractivity contribution in [2.45, 2.75) is 13.8 Å². The van der Waals surface area contributed by atoms with Gasteiger partial charge in [0.25, 0.3) is 0 Å². The maximum absolute atomic E-state index is 11.9. The van der Waals surface area contributed by atoms with E-state index in [1.807, 2.05) is 13.8 Å². The summed E-state index contributed by atoms with van der Waals surface area (Å²) in [6.45, 7) is 3.75. The molecule has 2 rings (SSSR count). The maximum atomic E-state index is 11.9. The lowest BCUT2D eigenvalue weighted by Crippen LogP contribution is -1.87. The van der Waals surface area contributed by atoms with Crippen molar-refractivity contribution in [1.29, 1.82) is 0 Å². The molecule has 0 aliphatic carbocycles. The average Bonchev–Trinajstić information content (AvgIpc) is 2.45. The van der Waals surface area contributed by atoms with Crippen molar-refractivity contribution in [1.82, 2.24) is 0 Å². The minimum atomic E-state index is -0.125. The Morgan fingerprint density at radius 2 is 1.23 bits per heavy atom. The summed E-state index contributed by atoms with van der Waals surface area (Å²) in [6, 6.07) is 10.0. The molecule has 3 nitrogen and oxygen atoms in total. The summed E-state index contributed by atoms with van der Waals surface area (Å²) in [6.07, 6.45) is 6.44. The molecule has 2 N–H and O–H groups in total. The second kappa shape index (κ2) is 6.76. The summed E-state index contributed by atoms with van der Waals surface area (Å²) in [7, 11) is 0. The quantitative estimate of drug-likeness (QED) is 0.838. The lowest BCUT2D eigenvalue weighted by Gasteiger charge is -2.01. The molecule has 0 amide bonds. The Labute approximate surface area is 129 Å². The molecule has 0 heterocycles. The van der Waals surface area contributed by atoms with Gasteiger partial charge in [0.15, 0.2) is 5.78 Å². The summed E-state index contributed by atoms with van der Waals surface area (Å²) < 4.78 is 0. The van der Waals surface area contributed by atoms with Crippen LogP contribution >= 0.6 is 0 Å². The molecule has 0 saturated carbocycles. The number of hydrogen-bond acceptors (Lipinski definition) is 3. The molecule has 0 bridgehead atoms. The number of rotatable bonds is 4. The zero-order valence-corrected chi connectivity index (χ0v) is 12.6. The normalized spacial score (nSPS) is 11.4. The number of allylic oxidation sites excluding steroid dienone is 2. The Balaban J connectivity index is 2.09. The second-order valence-electron chi connectivity index (χ2n) is 5.15. The third-order valence-electron chi connectivity index (χ3n) is 3.36. The summed E-state index contributed by atoms with van der Waals surface area (Å²) in [5, 5.41) is 18.7. The molecule has 0 radical (unpaired) electrons. The molecule has 0 saturated heterocycles. The number of hydrogen-bond donors (Lipinski definition) is 2. The van der Waals surface area contributed by atoms with Crippen LogP contribution in [0.25, 0.3) is 12.2 Å².